The molecule has 1 saturated heterocycles. The van der Waals surface area contributed by atoms with E-state index in [1.807, 2.05) is 4.90 Å². The molecule has 2 aromatic carbocycles. The lowest BCUT2D eigenvalue weighted by molar-refractivity contribution is 0.122. The highest BCUT2D eigenvalue weighted by Crippen LogP contribution is 2.40. The maximum atomic E-state index is 15.6. The number of fused-ring (bicyclic) bond motifs is 1. The van der Waals surface area contributed by atoms with Crippen LogP contribution in [0.1, 0.15) is 29.5 Å². The molecule has 2 aromatic heterocycles. The minimum atomic E-state index is -3.00. The molecule has 1 atom stereocenters. The number of hydrogen-bond donors (Lipinski definition) is 1. The van der Waals surface area contributed by atoms with Crippen LogP contribution in [0, 0.1) is 11.6 Å². The number of anilines is 1. The number of ether oxygens (including phenoxy) is 2. The van der Waals surface area contributed by atoms with Crippen molar-refractivity contribution in [2.75, 3.05) is 38.3 Å². The van der Waals surface area contributed by atoms with Crippen LogP contribution in [-0.2, 0) is 4.74 Å². The van der Waals surface area contributed by atoms with E-state index in [4.69, 9.17) is 21.1 Å². The summed E-state index contributed by atoms with van der Waals surface area (Å²) in [6.07, 6.45) is -4.44. The number of halogens is 5. The van der Waals surface area contributed by atoms with E-state index in [9.17, 15) is 13.9 Å². The first-order valence-corrected chi connectivity index (χ1v) is 11.9. The van der Waals surface area contributed by atoms with Crippen LogP contribution in [0.5, 0.6) is 5.88 Å². The highest BCUT2D eigenvalue weighted by atomic mass is 35.5. The number of morpholine rings is 1. The van der Waals surface area contributed by atoms with Gasteiger partial charge in [0.1, 0.15) is 23.4 Å². The van der Waals surface area contributed by atoms with Crippen molar-refractivity contribution in [2.45, 2.75) is 12.5 Å². The molecule has 198 valence electrons. The lowest BCUT2D eigenvalue weighted by Gasteiger charge is -2.29. The van der Waals surface area contributed by atoms with Gasteiger partial charge in [-0.25, -0.2) is 22.5 Å². The largest absolute Gasteiger partial charge is 0.480 e. The zero-order valence-corrected chi connectivity index (χ0v) is 20.7. The number of aliphatic hydroxyl groups excluding tert-OH is 1. The van der Waals surface area contributed by atoms with Gasteiger partial charge < -0.3 is 19.5 Å². The number of methoxy groups -OCH3 is 1. The van der Waals surface area contributed by atoms with Gasteiger partial charge in [-0.15, -0.1) is 10.2 Å². The molecule has 4 aromatic rings. The molecule has 0 amide bonds. The van der Waals surface area contributed by atoms with Gasteiger partial charge in [0.05, 0.1) is 31.5 Å². The number of rotatable bonds is 6. The number of hydrogen-bond acceptors (Lipinski definition) is 7. The van der Waals surface area contributed by atoms with Crippen molar-refractivity contribution in [1.82, 2.24) is 15.2 Å². The van der Waals surface area contributed by atoms with Gasteiger partial charge in [-0.05, 0) is 42.0 Å². The molecule has 1 fully saturated rings. The summed E-state index contributed by atoms with van der Waals surface area (Å²) in [5.74, 6) is -1.44. The summed E-state index contributed by atoms with van der Waals surface area (Å²) in [6, 6.07) is 8.73. The molecule has 0 radical (unpaired) electrons. The molecule has 0 saturated carbocycles. The van der Waals surface area contributed by atoms with Crippen LogP contribution < -0.4 is 9.64 Å². The molecule has 1 aliphatic heterocycles. The lowest BCUT2D eigenvalue weighted by Crippen LogP contribution is -2.36. The first-order chi connectivity index (χ1) is 18.3. The molecule has 1 N–H and O–H groups in total. The smallest absolute Gasteiger partial charge is 0.280 e. The molecule has 38 heavy (non-hydrogen) atoms. The van der Waals surface area contributed by atoms with Crippen LogP contribution in [-0.4, -0.2) is 53.7 Å². The first kappa shape index (κ1) is 26.1. The molecular weight excluding hydrogens is 528 g/mol. The second kappa shape index (κ2) is 10.7. The number of nitrogens with zero attached hydrogens (tertiary/aromatic N) is 4. The molecule has 0 spiro atoms. The third-order valence-corrected chi connectivity index (χ3v) is 6.61. The van der Waals surface area contributed by atoms with Gasteiger partial charge in [0.2, 0.25) is 5.88 Å². The van der Waals surface area contributed by atoms with E-state index in [2.05, 4.69) is 15.2 Å². The Labute approximate surface area is 219 Å². The number of aromatic nitrogens is 3. The molecule has 5 rings (SSSR count). The predicted octanol–water partition coefficient (Wildman–Crippen LogP) is 5.49. The summed E-state index contributed by atoms with van der Waals surface area (Å²) in [7, 11) is 1.40. The highest BCUT2D eigenvalue weighted by molar-refractivity contribution is 6.31. The van der Waals surface area contributed by atoms with Crippen LogP contribution in [0.2, 0.25) is 5.02 Å². The molecule has 12 heteroatoms. The maximum absolute atomic E-state index is 15.6. The van der Waals surface area contributed by atoms with Crippen molar-refractivity contribution in [3.63, 3.8) is 0 Å². The van der Waals surface area contributed by atoms with E-state index >= 15 is 8.78 Å². The van der Waals surface area contributed by atoms with Crippen molar-refractivity contribution in [3.8, 4) is 17.0 Å². The third kappa shape index (κ3) is 4.96. The van der Waals surface area contributed by atoms with E-state index in [0.29, 0.717) is 32.0 Å². The van der Waals surface area contributed by atoms with Crippen LogP contribution in [0.4, 0.5) is 23.2 Å². The zero-order chi connectivity index (χ0) is 27.0. The summed E-state index contributed by atoms with van der Waals surface area (Å²) in [5.41, 5.74) is -0.540. The topological polar surface area (TPSA) is 80.6 Å². The van der Waals surface area contributed by atoms with Gasteiger partial charge in [-0.1, -0.05) is 11.6 Å². The quantitative estimate of drug-likeness (QED) is 0.319. The summed E-state index contributed by atoms with van der Waals surface area (Å²) < 4.78 is 68.8. The Bertz CT molecular complexity index is 1480. The van der Waals surface area contributed by atoms with Crippen LogP contribution in [0.15, 0.2) is 42.5 Å². The Balaban J connectivity index is 1.67. The number of benzene rings is 2. The van der Waals surface area contributed by atoms with Crippen molar-refractivity contribution in [2.24, 2.45) is 0 Å². The monoisotopic (exact) mass is 548 g/mol. The molecule has 3 heterocycles. The Morgan fingerprint density at radius 1 is 0.974 bits per heavy atom. The zero-order valence-electron chi connectivity index (χ0n) is 20.0. The minimum Gasteiger partial charge on any atom is -0.480 e. The van der Waals surface area contributed by atoms with Gasteiger partial charge in [0.25, 0.3) is 6.43 Å². The van der Waals surface area contributed by atoms with E-state index < -0.39 is 29.9 Å². The molecule has 1 aliphatic rings. The number of aliphatic hydroxyl groups is 1. The molecule has 0 bridgehead atoms. The summed E-state index contributed by atoms with van der Waals surface area (Å²) >= 11 is 6.24. The van der Waals surface area contributed by atoms with Crippen molar-refractivity contribution >= 4 is 28.2 Å². The fourth-order valence-electron chi connectivity index (χ4n) is 4.38. The molecular formula is C26H21ClF4N4O3. The van der Waals surface area contributed by atoms with Gasteiger partial charge in [0, 0.05) is 46.4 Å². The maximum Gasteiger partial charge on any atom is 0.280 e. The van der Waals surface area contributed by atoms with E-state index in [-0.39, 0.29) is 44.2 Å². The van der Waals surface area contributed by atoms with Gasteiger partial charge in [-0.3, -0.25) is 0 Å². The normalized spacial score (nSPS) is 14.8. The third-order valence-electron chi connectivity index (χ3n) is 6.29. The number of pyridine rings is 1. The Morgan fingerprint density at radius 3 is 2.39 bits per heavy atom. The Hall–Kier alpha value is -3.54. The Morgan fingerprint density at radius 2 is 1.74 bits per heavy atom. The SMILES string of the molecule is COc1ccc([C@H](O)c2cc(-c3cc(C(F)F)nc4cc(N5CCOCC5)cc(F)c34)c(F)cc2Cl)nn1. The van der Waals surface area contributed by atoms with E-state index in [1.165, 1.54) is 37.4 Å². The summed E-state index contributed by atoms with van der Waals surface area (Å²) in [5, 5.41) is 18.3. The van der Waals surface area contributed by atoms with Crippen LogP contribution >= 0.6 is 11.6 Å². The van der Waals surface area contributed by atoms with Gasteiger partial charge in [0.15, 0.2) is 0 Å². The average molecular weight is 549 g/mol. The Kier molecular flexibility index (Phi) is 7.33. The van der Waals surface area contributed by atoms with E-state index in [1.54, 1.807) is 0 Å². The summed E-state index contributed by atoms with van der Waals surface area (Å²) in [4.78, 5) is 5.83. The van der Waals surface area contributed by atoms with E-state index in [0.717, 1.165) is 12.1 Å². The number of alkyl halides is 2. The van der Waals surface area contributed by atoms with Crippen molar-refractivity contribution in [3.05, 3.63) is 76.1 Å². The first-order valence-electron chi connectivity index (χ1n) is 11.6. The average Bonchev–Trinajstić information content (AvgIpc) is 2.92. The van der Waals surface area contributed by atoms with Crippen LogP contribution in [0.25, 0.3) is 22.0 Å². The lowest BCUT2D eigenvalue weighted by atomic mass is 9.95. The molecule has 0 unspecified atom stereocenters. The minimum absolute atomic E-state index is 0.0245. The van der Waals surface area contributed by atoms with Gasteiger partial charge in [-0.2, -0.15) is 0 Å². The van der Waals surface area contributed by atoms with Crippen LogP contribution in [0.3, 0.4) is 0 Å². The fraction of sp³-hybridized carbons (Fsp3) is 0.269. The van der Waals surface area contributed by atoms with Crippen molar-refractivity contribution < 1.29 is 32.1 Å². The van der Waals surface area contributed by atoms with Crippen molar-refractivity contribution in [1.29, 1.82) is 0 Å². The molecule has 0 aliphatic carbocycles. The standard InChI is InChI=1S/C26H21ClF4N4O3/c1-37-23-3-2-20(33-34-23)25(36)16-10-14(18(28)12-17(16)27)15-11-22(26(30)31)32-21-9-13(8-19(29)24(15)21)35-4-6-38-7-5-35/h2-3,8-12,25-26,36H,4-7H2,1H3/t25-/m1/s1. The predicted molar refractivity (Wildman–Crippen MR) is 133 cm³/mol. The molecule has 7 nitrogen and oxygen atoms in total. The summed E-state index contributed by atoms with van der Waals surface area (Å²) in [6.45, 7) is 1.87. The fourth-order valence-corrected chi connectivity index (χ4v) is 4.63. The second-order valence-electron chi connectivity index (χ2n) is 8.57. The second-order valence-corrected chi connectivity index (χ2v) is 8.98. The van der Waals surface area contributed by atoms with Gasteiger partial charge >= 0.3 is 0 Å². The highest BCUT2D eigenvalue weighted by Gasteiger charge is 2.24.